The van der Waals surface area contributed by atoms with Crippen LogP contribution in [0.2, 0.25) is 0 Å². The van der Waals surface area contributed by atoms with E-state index in [1.54, 1.807) is 6.08 Å². The van der Waals surface area contributed by atoms with Crippen LogP contribution in [0.1, 0.15) is 20.3 Å². The molecule has 0 radical (unpaired) electrons. The molecule has 1 unspecified atom stereocenters. The van der Waals surface area contributed by atoms with Gasteiger partial charge in [0.2, 0.25) is 0 Å². The summed E-state index contributed by atoms with van der Waals surface area (Å²) >= 11 is 0. The standard InChI is InChI=1S/C8H16FN/c1-4-6-10(9)7-8(3)5-2/h5,8H,2,4,6-7H2,1,3H3. The molecule has 0 aromatic rings. The highest BCUT2D eigenvalue weighted by Gasteiger charge is 2.03. The largest absolute Gasteiger partial charge is 0.146 e. The third-order valence-corrected chi connectivity index (χ3v) is 1.35. The van der Waals surface area contributed by atoms with Gasteiger partial charge in [-0.1, -0.05) is 19.9 Å². The second kappa shape index (κ2) is 5.42. The molecule has 0 saturated heterocycles. The molecule has 0 spiro atoms. The molecule has 0 aromatic carbocycles. The maximum Gasteiger partial charge on any atom is 0.0350 e. The van der Waals surface area contributed by atoms with Crippen molar-refractivity contribution in [2.24, 2.45) is 5.92 Å². The van der Waals surface area contributed by atoms with Crippen LogP contribution in [0.3, 0.4) is 0 Å². The van der Waals surface area contributed by atoms with Gasteiger partial charge in [-0.05, 0) is 12.3 Å². The maximum absolute atomic E-state index is 12.6. The SMILES string of the molecule is C=CC(C)CN(F)CCC. The van der Waals surface area contributed by atoms with Crippen LogP contribution in [0.4, 0.5) is 4.48 Å². The predicted molar refractivity (Wildman–Crippen MR) is 42.3 cm³/mol. The molecule has 2 heteroatoms. The summed E-state index contributed by atoms with van der Waals surface area (Å²) in [6, 6.07) is 0. The van der Waals surface area contributed by atoms with Crippen molar-refractivity contribution in [3.63, 3.8) is 0 Å². The number of hydrogen-bond acceptors (Lipinski definition) is 1. The molecule has 0 N–H and O–H groups in total. The van der Waals surface area contributed by atoms with Gasteiger partial charge < -0.3 is 0 Å². The molecule has 1 nitrogen and oxygen atoms in total. The van der Waals surface area contributed by atoms with E-state index >= 15 is 0 Å². The fourth-order valence-corrected chi connectivity index (χ4v) is 0.721. The summed E-state index contributed by atoms with van der Waals surface area (Å²) in [5.41, 5.74) is 0. The Bertz CT molecular complexity index is 93.3. The van der Waals surface area contributed by atoms with Gasteiger partial charge in [0.15, 0.2) is 0 Å². The van der Waals surface area contributed by atoms with Crippen LogP contribution in [0.15, 0.2) is 12.7 Å². The zero-order valence-corrected chi connectivity index (χ0v) is 6.81. The highest BCUT2D eigenvalue weighted by atomic mass is 19.2. The van der Waals surface area contributed by atoms with E-state index in [1.807, 2.05) is 13.8 Å². The van der Waals surface area contributed by atoms with Crippen LogP contribution >= 0.6 is 0 Å². The first-order valence-corrected chi connectivity index (χ1v) is 3.74. The van der Waals surface area contributed by atoms with Crippen molar-refractivity contribution in [1.82, 2.24) is 5.12 Å². The molecule has 0 amide bonds. The minimum Gasteiger partial charge on any atom is -0.146 e. The van der Waals surface area contributed by atoms with Crippen LogP contribution in [0.5, 0.6) is 0 Å². The second-order valence-electron chi connectivity index (χ2n) is 2.58. The van der Waals surface area contributed by atoms with Gasteiger partial charge >= 0.3 is 0 Å². The van der Waals surface area contributed by atoms with E-state index in [0.717, 1.165) is 11.5 Å². The van der Waals surface area contributed by atoms with Crippen molar-refractivity contribution in [2.45, 2.75) is 20.3 Å². The van der Waals surface area contributed by atoms with Gasteiger partial charge in [-0.15, -0.1) is 16.2 Å². The molecule has 1 atom stereocenters. The first-order chi connectivity index (χ1) is 4.70. The number of rotatable bonds is 5. The molecule has 60 valence electrons. The normalized spacial score (nSPS) is 13.6. The number of halogens is 1. The topological polar surface area (TPSA) is 3.24 Å². The van der Waals surface area contributed by atoms with Gasteiger partial charge in [0.05, 0.1) is 0 Å². The summed E-state index contributed by atoms with van der Waals surface area (Å²) in [5, 5.41) is 0.840. The van der Waals surface area contributed by atoms with E-state index < -0.39 is 0 Å². The first-order valence-electron chi connectivity index (χ1n) is 3.74. The Labute approximate surface area is 62.5 Å². The first kappa shape index (κ1) is 9.63. The summed E-state index contributed by atoms with van der Waals surface area (Å²) < 4.78 is 12.6. The third kappa shape index (κ3) is 4.50. The van der Waals surface area contributed by atoms with Crippen molar-refractivity contribution in [1.29, 1.82) is 0 Å². The Hall–Kier alpha value is -0.370. The smallest absolute Gasteiger partial charge is 0.0350 e. The van der Waals surface area contributed by atoms with Gasteiger partial charge in [0.25, 0.3) is 0 Å². The summed E-state index contributed by atoms with van der Waals surface area (Å²) in [5.74, 6) is 0.247. The summed E-state index contributed by atoms with van der Waals surface area (Å²) in [6.45, 7) is 8.49. The Morgan fingerprint density at radius 3 is 2.70 bits per heavy atom. The van der Waals surface area contributed by atoms with E-state index in [4.69, 9.17) is 0 Å². The molecular weight excluding hydrogens is 129 g/mol. The molecule has 0 aliphatic heterocycles. The molecule has 0 aliphatic carbocycles. The van der Waals surface area contributed by atoms with Gasteiger partial charge in [-0.2, -0.15) is 0 Å². The van der Waals surface area contributed by atoms with Crippen LogP contribution in [-0.4, -0.2) is 18.2 Å². The minimum absolute atomic E-state index is 0.247. The highest BCUT2D eigenvalue weighted by molar-refractivity contribution is 4.75. The fourth-order valence-electron chi connectivity index (χ4n) is 0.721. The Balaban J connectivity index is 3.36. The van der Waals surface area contributed by atoms with Crippen LogP contribution in [-0.2, 0) is 0 Å². The fraction of sp³-hybridized carbons (Fsp3) is 0.750. The lowest BCUT2D eigenvalue weighted by Gasteiger charge is -2.12. The highest BCUT2D eigenvalue weighted by Crippen LogP contribution is 2.01. The second-order valence-corrected chi connectivity index (χ2v) is 2.58. The predicted octanol–water partition coefficient (Wildman–Crippen LogP) is 2.41. The summed E-state index contributed by atoms with van der Waals surface area (Å²) in [4.78, 5) is 0. The molecule has 0 aliphatic rings. The van der Waals surface area contributed by atoms with Crippen LogP contribution in [0.25, 0.3) is 0 Å². The zero-order valence-electron chi connectivity index (χ0n) is 6.81. The van der Waals surface area contributed by atoms with E-state index in [0.29, 0.717) is 13.1 Å². The monoisotopic (exact) mass is 145 g/mol. The van der Waals surface area contributed by atoms with Gasteiger partial charge in [0.1, 0.15) is 0 Å². The molecule has 0 heterocycles. The summed E-state index contributed by atoms with van der Waals surface area (Å²) in [7, 11) is 0. The van der Waals surface area contributed by atoms with E-state index in [-0.39, 0.29) is 5.92 Å². The van der Waals surface area contributed by atoms with Gasteiger partial charge in [-0.25, -0.2) is 0 Å². The lowest BCUT2D eigenvalue weighted by Crippen LogP contribution is -2.20. The van der Waals surface area contributed by atoms with Gasteiger partial charge in [-0.3, -0.25) is 0 Å². The average molecular weight is 145 g/mol. The molecule has 0 saturated carbocycles. The van der Waals surface area contributed by atoms with Crippen molar-refractivity contribution in [3.05, 3.63) is 12.7 Å². The van der Waals surface area contributed by atoms with E-state index in [9.17, 15) is 4.48 Å². The van der Waals surface area contributed by atoms with Crippen molar-refractivity contribution in [2.75, 3.05) is 13.1 Å². The van der Waals surface area contributed by atoms with Crippen molar-refractivity contribution >= 4 is 0 Å². The Morgan fingerprint density at radius 2 is 2.30 bits per heavy atom. The molecule has 0 fully saturated rings. The third-order valence-electron chi connectivity index (χ3n) is 1.35. The molecule has 0 aromatic heterocycles. The molecule has 0 bridgehead atoms. The quantitative estimate of drug-likeness (QED) is 0.424. The van der Waals surface area contributed by atoms with Crippen LogP contribution < -0.4 is 0 Å². The van der Waals surface area contributed by atoms with E-state index in [2.05, 4.69) is 6.58 Å². The molecular formula is C8H16FN. The van der Waals surface area contributed by atoms with Crippen molar-refractivity contribution < 1.29 is 4.48 Å². The lowest BCUT2D eigenvalue weighted by molar-refractivity contribution is 0.0170. The lowest BCUT2D eigenvalue weighted by atomic mass is 10.2. The average Bonchev–Trinajstić information content (AvgIpc) is 1.88. The van der Waals surface area contributed by atoms with E-state index in [1.165, 1.54) is 0 Å². The zero-order chi connectivity index (χ0) is 7.98. The minimum atomic E-state index is 0.247. The Morgan fingerprint density at radius 1 is 1.70 bits per heavy atom. The summed E-state index contributed by atoms with van der Waals surface area (Å²) in [6.07, 6.45) is 2.63. The molecule has 10 heavy (non-hydrogen) atoms. The number of nitrogens with zero attached hydrogens (tertiary/aromatic N) is 1. The van der Waals surface area contributed by atoms with Crippen molar-refractivity contribution in [3.8, 4) is 0 Å². The van der Waals surface area contributed by atoms with Crippen LogP contribution in [0, 0.1) is 5.92 Å². The maximum atomic E-state index is 12.6. The Kier molecular flexibility index (Phi) is 5.22. The molecule has 0 rings (SSSR count). The number of hydrogen-bond donors (Lipinski definition) is 0. The van der Waals surface area contributed by atoms with Gasteiger partial charge in [0, 0.05) is 13.1 Å².